The van der Waals surface area contributed by atoms with Gasteiger partial charge in [0.25, 0.3) is 0 Å². The summed E-state index contributed by atoms with van der Waals surface area (Å²) in [6, 6.07) is 1.93. The summed E-state index contributed by atoms with van der Waals surface area (Å²) >= 11 is 0. The Morgan fingerprint density at radius 2 is 2.19 bits per heavy atom. The van der Waals surface area contributed by atoms with Gasteiger partial charge in [0.15, 0.2) is 5.82 Å². The zero-order chi connectivity index (χ0) is 14.1. The first kappa shape index (κ1) is 12.3. The molecule has 8 heteroatoms. The molecule has 3 aromatic heterocycles. The van der Waals surface area contributed by atoms with Gasteiger partial charge >= 0.3 is 0 Å². The third-order valence-corrected chi connectivity index (χ3v) is 3.76. The van der Waals surface area contributed by atoms with E-state index in [4.69, 9.17) is 0 Å². The lowest BCUT2D eigenvalue weighted by molar-refractivity contribution is 0.308. The van der Waals surface area contributed by atoms with Crippen LogP contribution >= 0.6 is 0 Å². The van der Waals surface area contributed by atoms with Gasteiger partial charge in [-0.2, -0.15) is 0 Å². The molecule has 3 aromatic rings. The first-order chi connectivity index (χ1) is 10.4. The van der Waals surface area contributed by atoms with Crippen molar-refractivity contribution in [3.05, 3.63) is 24.2 Å². The second-order valence-corrected chi connectivity index (χ2v) is 5.12. The molecule has 108 valence electrons. The Balaban J connectivity index is 1.69. The number of fused-ring (bicyclic) bond motifs is 1. The van der Waals surface area contributed by atoms with Gasteiger partial charge in [-0.15, -0.1) is 0 Å². The number of aromatic nitrogens is 5. The molecule has 0 aliphatic carbocycles. The molecular formula is C13H15N7O. The van der Waals surface area contributed by atoms with Crippen molar-refractivity contribution in [2.75, 3.05) is 18.4 Å². The van der Waals surface area contributed by atoms with Crippen molar-refractivity contribution in [3.8, 4) is 0 Å². The number of hydrogen-bond donors (Lipinski definition) is 3. The molecule has 0 radical (unpaired) electrons. The number of piperidine rings is 1. The van der Waals surface area contributed by atoms with Crippen molar-refractivity contribution in [2.45, 2.75) is 18.8 Å². The Labute approximate surface area is 120 Å². The Hall–Kier alpha value is -2.48. The van der Waals surface area contributed by atoms with Gasteiger partial charge in [0.05, 0.1) is 11.2 Å². The Morgan fingerprint density at radius 3 is 3.00 bits per heavy atom. The number of H-pyrrole nitrogens is 1. The summed E-state index contributed by atoms with van der Waals surface area (Å²) < 4.78 is 4.56. The zero-order valence-corrected chi connectivity index (χ0v) is 11.3. The quantitative estimate of drug-likeness (QED) is 0.670. The number of nitrogens with one attached hydrogen (secondary N) is 3. The number of imidazole rings is 1. The van der Waals surface area contributed by atoms with Gasteiger partial charge in [0.2, 0.25) is 5.95 Å². The fourth-order valence-corrected chi connectivity index (χ4v) is 2.75. The molecule has 0 aromatic carbocycles. The molecule has 0 saturated carbocycles. The maximum Gasteiger partial charge on any atom is 0.207 e. The predicted molar refractivity (Wildman–Crippen MR) is 76.3 cm³/mol. The van der Waals surface area contributed by atoms with Crippen LogP contribution < -0.4 is 10.6 Å². The summed E-state index contributed by atoms with van der Waals surface area (Å²) in [4.78, 5) is 12.4. The summed E-state index contributed by atoms with van der Waals surface area (Å²) in [5, 5.41) is 13.7. The normalized spacial score (nSPS) is 16.4. The molecule has 4 rings (SSSR count). The summed E-state index contributed by atoms with van der Waals surface area (Å²) in [5.74, 6) is 1.59. The van der Waals surface area contributed by atoms with Crippen molar-refractivity contribution >= 4 is 22.8 Å². The van der Waals surface area contributed by atoms with Crippen LogP contribution in [0.3, 0.4) is 0 Å². The van der Waals surface area contributed by atoms with E-state index in [9.17, 15) is 0 Å². The van der Waals surface area contributed by atoms with Crippen LogP contribution in [0.25, 0.3) is 11.0 Å². The van der Waals surface area contributed by atoms with Crippen molar-refractivity contribution < 1.29 is 4.63 Å². The number of aromatic amines is 1. The summed E-state index contributed by atoms with van der Waals surface area (Å²) in [6.45, 7) is 2.06. The lowest BCUT2D eigenvalue weighted by Gasteiger charge is -2.22. The Morgan fingerprint density at radius 1 is 1.29 bits per heavy atom. The average molecular weight is 285 g/mol. The second kappa shape index (κ2) is 5.13. The number of hydrogen-bond acceptors (Lipinski definition) is 7. The molecule has 8 nitrogen and oxygen atoms in total. The summed E-state index contributed by atoms with van der Waals surface area (Å²) in [5.41, 5.74) is 2.96. The molecule has 1 fully saturated rings. The van der Waals surface area contributed by atoms with Gasteiger partial charge in [-0.05, 0) is 37.2 Å². The van der Waals surface area contributed by atoms with Crippen LogP contribution in [0.1, 0.15) is 24.5 Å². The van der Waals surface area contributed by atoms with E-state index in [0.29, 0.717) is 17.7 Å². The SMILES string of the molecule is c1cc2[nH]c(Nc3cnon3)nc2c(C2CCNCC2)n1. The highest BCUT2D eigenvalue weighted by atomic mass is 16.6. The van der Waals surface area contributed by atoms with E-state index in [0.717, 1.165) is 42.7 Å². The maximum absolute atomic E-state index is 4.60. The van der Waals surface area contributed by atoms with E-state index < -0.39 is 0 Å². The van der Waals surface area contributed by atoms with E-state index in [1.807, 2.05) is 12.3 Å². The van der Waals surface area contributed by atoms with E-state index in [-0.39, 0.29) is 0 Å². The van der Waals surface area contributed by atoms with Crippen molar-refractivity contribution in [2.24, 2.45) is 0 Å². The summed E-state index contributed by atoms with van der Waals surface area (Å²) in [6.07, 6.45) is 5.52. The van der Waals surface area contributed by atoms with Crippen LogP contribution in [-0.4, -0.2) is 38.4 Å². The highest BCUT2D eigenvalue weighted by Crippen LogP contribution is 2.29. The second-order valence-electron chi connectivity index (χ2n) is 5.12. The molecule has 0 spiro atoms. The van der Waals surface area contributed by atoms with Crippen LogP contribution in [0.5, 0.6) is 0 Å². The molecule has 0 bridgehead atoms. The molecule has 0 unspecified atom stereocenters. The zero-order valence-electron chi connectivity index (χ0n) is 11.3. The van der Waals surface area contributed by atoms with Crippen LogP contribution in [0.2, 0.25) is 0 Å². The number of anilines is 2. The Kier molecular flexibility index (Phi) is 3.00. The summed E-state index contributed by atoms with van der Waals surface area (Å²) in [7, 11) is 0. The van der Waals surface area contributed by atoms with Gasteiger partial charge in [-0.25, -0.2) is 9.61 Å². The van der Waals surface area contributed by atoms with Gasteiger partial charge in [-0.1, -0.05) is 5.16 Å². The molecular weight excluding hydrogens is 270 g/mol. The van der Waals surface area contributed by atoms with Gasteiger partial charge in [0.1, 0.15) is 11.7 Å². The number of rotatable bonds is 3. The lowest BCUT2D eigenvalue weighted by atomic mass is 9.93. The molecule has 21 heavy (non-hydrogen) atoms. The van der Waals surface area contributed by atoms with Crippen LogP contribution in [0.4, 0.5) is 11.8 Å². The molecule has 4 heterocycles. The highest BCUT2D eigenvalue weighted by molar-refractivity contribution is 5.80. The lowest BCUT2D eigenvalue weighted by Crippen LogP contribution is -2.27. The topological polar surface area (TPSA) is 105 Å². The van der Waals surface area contributed by atoms with Crippen LogP contribution in [-0.2, 0) is 0 Å². The minimum Gasteiger partial charge on any atom is -0.324 e. The Bertz CT molecular complexity index is 730. The predicted octanol–water partition coefficient (Wildman–Crippen LogP) is 1.55. The molecule has 1 saturated heterocycles. The number of pyridine rings is 1. The van der Waals surface area contributed by atoms with Crippen molar-refractivity contribution in [1.29, 1.82) is 0 Å². The first-order valence-corrected chi connectivity index (χ1v) is 7.00. The van der Waals surface area contributed by atoms with Gasteiger partial charge < -0.3 is 15.6 Å². The fourth-order valence-electron chi connectivity index (χ4n) is 2.75. The average Bonchev–Trinajstić information content (AvgIpc) is 3.17. The molecule has 1 aliphatic rings. The molecule has 0 amide bonds. The third-order valence-electron chi connectivity index (χ3n) is 3.76. The van der Waals surface area contributed by atoms with E-state index in [1.54, 1.807) is 0 Å². The number of nitrogens with zero attached hydrogens (tertiary/aromatic N) is 4. The largest absolute Gasteiger partial charge is 0.324 e. The maximum atomic E-state index is 4.60. The van der Waals surface area contributed by atoms with E-state index in [1.165, 1.54) is 6.20 Å². The van der Waals surface area contributed by atoms with Crippen molar-refractivity contribution in [1.82, 2.24) is 30.6 Å². The van der Waals surface area contributed by atoms with E-state index in [2.05, 4.69) is 40.5 Å². The minimum atomic E-state index is 0.458. The molecule has 3 N–H and O–H groups in total. The van der Waals surface area contributed by atoms with Crippen molar-refractivity contribution in [3.63, 3.8) is 0 Å². The van der Waals surface area contributed by atoms with Gasteiger partial charge in [0, 0.05) is 12.1 Å². The molecule has 0 atom stereocenters. The fraction of sp³-hybridized carbons (Fsp3) is 0.385. The monoisotopic (exact) mass is 285 g/mol. The van der Waals surface area contributed by atoms with E-state index >= 15 is 0 Å². The minimum absolute atomic E-state index is 0.458. The standard InChI is InChI=1S/C13H15N7O/c1-4-14-5-2-8(1)11-12-9(3-6-15-11)17-13(19-12)18-10-7-16-21-20-10/h3,6-8,14H,1-2,4-5H2,(H2,17,18,19,20). The van der Waals surface area contributed by atoms with Crippen LogP contribution in [0.15, 0.2) is 23.1 Å². The highest BCUT2D eigenvalue weighted by Gasteiger charge is 2.20. The molecule has 1 aliphatic heterocycles. The smallest absolute Gasteiger partial charge is 0.207 e. The first-order valence-electron chi connectivity index (χ1n) is 7.00. The third kappa shape index (κ3) is 2.33. The van der Waals surface area contributed by atoms with Crippen LogP contribution in [0, 0.1) is 0 Å². The van der Waals surface area contributed by atoms with Gasteiger partial charge in [-0.3, -0.25) is 4.98 Å².